The number of hydrogen-bond acceptors (Lipinski definition) is 3. The number of fused-ring (bicyclic) bond motifs is 1. The highest BCUT2D eigenvalue weighted by Gasteiger charge is 2.35. The SMILES string of the molecule is CC(C)c1cnn(-c2nc3n(n2)[C@H](c2ccccc2)C[C@@H]3F)c1. The summed E-state index contributed by atoms with van der Waals surface area (Å²) >= 11 is 0. The van der Waals surface area contributed by atoms with Gasteiger partial charge in [0.1, 0.15) is 0 Å². The number of aromatic nitrogens is 5. The van der Waals surface area contributed by atoms with Gasteiger partial charge in [0.15, 0.2) is 12.0 Å². The molecule has 0 radical (unpaired) electrons. The Hall–Kier alpha value is -2.50. The minimum Gasteiger partial charge on any atom is -0.239 e. The van der Waals surface area contributed by atoms with Crippen molar-refractivity contribution in [3.05, 3.63) is 59.7 Å². The van der Waals surface area contributed by atoms with Crippen molar-refractivity contribution in [3.63, 3.8) is 0 Å². The Labute approximate surface area is 133 Å². The third kappa shape index (κ3) is 2.34. The van der Waals surface area contributed by atoms with Crippen LogP contribution in [0.15, 0.2) is 42.7 Å². The summed E-state index contributed by atoms with van der Waals surface area (Å²) in [5.41, 5.74) is 2.16. The molecule has 1 aliphatic heterocycles. The fourth-order valence-electron chi connectivity index (χ4n) is 2.96. The molecule has 0 aliphatic carbocycles. The number of benzene rings is 1. The Balaban J connectivity index is 1.72. The molecule has 118 valence electrons. The van der Waals surface area contributed by atoms with Gasteiger partial charge in [-0.2, -0.15) is 10.1 Å². The predicted molar refractivity (Wildman–Crippen MR) is 84.3 cm³/mol. The lowest BCUT2D eigenvalue weighted by Gasteiger charge is -2.11. The number of rotatable bonds is 3. The Kier molecular flexibility index (Phi) is 3.25. The molecule has 0 spiro atoms. The lowest BCUT2D eigenvalue weighted by atomic mass is 10.0. The average molecular weight is 311 g/mol. The van der Waals surface area contributed by atoms with Crippen LogP contribution in [0.3, 0.4) is 0 Å². The maximum absolute atomic E-state index is 14.4. The van der Waals surface area contributed by atoms with Crippen LogP contribution in [-0.4, -0.2) is 24.5 Å². The van der Waals surface area contributed by atoms with Gasteiger partial charge in [-0.05, 0) is 17.0 Å². The number of hydrogen-bond donors (Lipinski definition) is 0. The summed E-state index contributed by atoms with van der Waals surface area (Å²) in [4.78, 5) is 4.37. The average Bonchev–Trinajstić information content (AvgIpc) is 3.24. The molecule has 3 heterocycles. The Morgan fingerprint density at radius 1 is 1.22 bits per heavy atom. The predicted octanol–water partition coefficient (Wildman–Crippen LogP) is 3.59. The van der Waals surface area contributed by atoms with Crippen LogP contribution in [0.25, 0.3) is 5.95 Å². The van der Waals surface area contributed by atoms with Gasteiger partial charge in [0.05, 0.1) is 12.2 Å². The second-order valence-corrected chi connectivity index (χ2v) is 6.22. The van der Waals surface area contributed by atoms with Crippen LogP contribution in [-0.2, 0) is 0 Å². The van der Waals surface area contributed by atoms with Crippen LogP contribution in [0.4, 0.5) is 4.39 Å². The molecule has 2 atom stereocenters. The van der Waals surface area contributed by atoms with Crippen LogP contribution in [0.2, 0.25) is 0 Å². The molecule has 3 aromatic rings. The maximum atomic E-state index is 14.4. The summed E-state index contributed by atoms with van der Waals surface area (Å²) in [6.07, 6.45) is 3.00. The van der Waals surface area contributed by atoms with E-state index in [2.05, 4.69) is 29.0 Å². The normalized spacial score (nSPS) is 20.2. The molecule has 0 unspecified atom stereocenters. The number of nitrogens with zero attached hydrogens (tertiary/aromatic N) is 5. The fourth-order valence-corrected chi connectivity index (χ4v) is 2.96. The minimum atomic E-state index is -1.10. The van der Waals surface area contributed by atoms with Crippen molar-refractivity contribution >= 4 is 0 Å². The van der Waals surface area contributed by atoms with E-state index in [9.17, 15) is 4.39 Å². The van der Waals surface area contributed by atoms with Gasteiger partial charge in [-0.1, -0.05) is 44.2 Å². The number of halogens is 1. The van der Waals surface area contributed by atoms with E-state index in [0.29, 0.717) is 24.1 Å². The molecule has 0 fully saturated rings. The van der Waals surface area contributed by atoms with E-state index < -0.39 is 6.17 Å². The lowest BCUT2D eigenvalue weighted by molar-refractivity contribution is 0.328. The molecular weight excluding hydrogens is 293 g/mol. The Morgan fingerprint density at radius 3 is 2.70 bits per heavy atom. The zero-order valence-electron chi connectivity index (χ0n) is 13.1. The first-order valence-corrected chi connectivity index (χ1v) is 7.84. The summed E-state index contributed by atoms with van der Waals surface area (Å²) < 4.78 is 17.7. The smallest absolute Gasteiger partial charge is 0.239 e. The summed E-state index contributed by atoms with van der Waals surface area (Å²) in [6, 6.07) is 9.76. The van der Waals surface area contributed by atoms with E-state index >= 15 is 0 Å². The van der Waals surface area contributed by atoms with Crippen molar-refractivity contribution in [2.75, 3.05) is 0 Å². The van der Waals surface area contributed by atoms with Crippen LogP contribution < -0.4 is 0 Å². The first-order valence-electron chi connectivity index (χ1n) is 7.84. The minimum absolute atomic E-state index is 0.109. The second-order valence-electron chi connectivity index (χ2n) is 6.22. The van der Waals surface area contributed by atoms with E-state index in [4.69, 9.17) is 0 Å². The molecule has 0 saturated carbocycles. The fraction of sp³-hybridized carbons (Fsp3) is 0.353. The van der Waals surface area contributed by atoms with Crippen molar-refractivity contribution in [3.8, 4) is 5.95 Å². The zero-order valence-corrected chi connectivity index (χ0v) is 13.1. The van der Waals surface area contributed by atoms with Crippen LogP contribution in [0, 0.1) is 0 Å². The summed E-state index contributed by atoms with van der Waals surface area (Å²) in [6.45, 7) is 4.20. The zero-order chi connectivity index (χ0) is 16.0. The molecule has 23 heavy (non-hydrogen) atoms. The molecule has 4 rings (SSSR count). The van der Waals surface area contributed by atoms with Crippen LogP contribution in [0.5, 0.6) is 0 Å². The van der Waals surface area contributed by atoms with Gasteiger partial charge < -0.3 is 0 Å². The van der Waals surface area contributed by atoms with Gasteiger partial charge >= 0.3 is 0 Å². The first kappa shape index (κ1) is 14.1. The Bertz CT molecular complexity index is 821. The molecule has 0 N–H and O–H groups in total. The standard InChI is InChI=1S/C17H18FN5/c1-11(2)13-9-19-22(10-13)17-20-16-14(18)8-15(23(16)21-17)12-6-4-3-5-7-12/h3-7,9-11,14-15H,8H2,1-2H3/t14-,15-/m0/s1. The highest BCUT2D eigenvalue weighted by atomic mass is 19.1. The third-order valence-electron chi connectivity index (χ3n) is 4.31. The van der Waals surface area contributed by atoms with E-state index in [1.165, 1.54) is 0 Å². The molecule has 0 bridgehead atoms. The second kappa shape index (κ2) is 5.30. The first-order chi connectivity index (χ1) is 11.1. The number of alkyl halides is 1. The van der Waals surface area contributed by atoms with Crippen molar-refractivity contribution in [1.82, 2.24) is 24.5 Å². The van der Waals surface area contributed by atoms with E-state index in [-0.39, 0.29) is 6.04 Å². The van der Waals surface area contributed by atoms with Gasteiger partial charge in [0.25, 0.3) is 5.95 Å². The van der Waals surface area contributed by atoms with Crippen LogP contribution in [0.1, 0.15) is 55.4 Å². The van der Waals surface area contributed by atoms with Gasteiger partial charge in [-0.15, -0.1) is 5.10 Å². The highest BCUT2D eigenvalue weighted by molar-refractivity contribution is 5.25. The van der Waals surface area contributed by atoms with Gasteiger partial charge in [-0.3, -0.25) is 0 Å². The van der Waals surface area contributed by atoms with E-state index in [0.717, 1.165) is 11.1 Å². The van der Waals surface area contributed by atoms with Crippen molar-refractivity contribution in [2.24, 2.45) is 0 Å². The summed E-state index contributed by atoms with van der Waals surface area (Å²) in [5, 5.41) is 8.81. The molecule has 1 aliphatic rings. The van der Waals surface area contributed by atoms with E-state index in [1.807, 2.05) is 36.5 Å². The lowest BCUT2D eigenvalue weighted by Crippen LogP contribution is -2.08. The van der Waals surface area contributed by atoms with Gasteiger partial charge in [0.2, 0.25) is 0 Å². The summed E-state index contributed by atoms with van der Waals surface area (Å²) in [5.74, 6) is 1.19. The van der Waals surface area contributed by atoms with E-state index in [1.54, 1.807) is 15.6 Å². The largest absolute Gasteiger partial charge is 0.269 e. The molecule has 0 amide bonds. The molecule has 2 aromatic heterocycles. The van der Waals surface area contributed by atoms with Crippen molar-refractivity contribution < 1.29 is 4.39 Å². The summed E-state index contributed by atoms with van der Waals surface area (Å²) in [7, 11) is 0. The maximum Gasteiger partial charge on any atom is 0.269 e. The molecule has 0 saturated heterocycles. The van der Waals surface area contributed by atoms with Crippen molar-refractivity contribution in [1.29, 1.82) is 0 Å². The molecular formula is C17H18FN5. The molecule has 5 nitrogen and oxygen atoms in total. The van der Waals surface area contributed by atoms with Gasteiger partial charge in [0, 0.05) is 12.6 Å². The topological polar surface area (TPSA) is 48.5 Å². The quantitative estimate of drug-likeness (QED) is 0.742. The molecule has 6 heteroatoms. The van der Waals surface area contributed by atoms with Gasteiger partial charge in [-0.25, -0.2) is 13.8 Å². The molecule has 1 aromatic carbocycles. The van der Waals surface area contributed by atoms with Crippen LogP contribution >= 0.6 is 0 Å². The highest BCUT2D eigenvalue weighted by Crippen LogP contribution is 2.39. The monoisotopic (exact) mass is 311 g/mol. The Morgan fingerprint density at radius 2 is 2.00 bits per heavy atom. The van der Waals surface area contributed by atoms with Crippen molar-refractivity contribution in [2.45, 2.75) is 38.4 Å². The third-order valence-corrected chi connectivity index (χ3v) is 4.31.